The molecule has 0 bridgehead atoms. The van der Waals surface area contributed by atoms with Gasteiger partial charge in [0.2, 0.25) is 0 Å². The standard InChI is InChI=1S/C12H14FNO3S/c13-10-1-2-11(12(15)16)9(7-10)8-14-3-5-18(17)6-4-14/h1-2,7H,3-6,8H2,(H,15,16). The number of aromatic carboxylic acids is 1. The van der Waals surface area contributed by atoms with Crippen LogP contribution in [0.2, 0.25) is 0 Å². The minimum absolute atomic E-state index is 0.128. The van der Waals surface area contributed by atoms with E-state index in [1.807, 2.05) is 4.90 Å². The highest BCUT2D eigenvalue weighted by Gasteiger charge is 2.18. The van der Waals surface area contributed by atoms with E-state index in [1.165, 1.54) is 12.1 Å². The summed E-state index contributed by atoms with van der Waals surface area (Å²) >= 11 is 0. The third kappa shape index (κ3) is 3.14. The van der Waals surface area contributed by atoms with Crippen molar-refractivity contribution in [3.63, 3.8) is 0 Å². The van der Waals surface area contributed by atoms with E-state index in [2.05, 4.69) is 0 Å². The summed E-state index contributed by atoms with van der Waals surface area (Å²) in [5, 5.41) is 9.04. The van der Waals surface area contributed by atoms with Crippen LogP contribution in [0.1, 0.15) is 15.9 Å². The lowest BCUT2D eigenvalue weighted by Crippen LogP contribution is -2.37. The fourth-order valence-corrected chi connectivity index (χ4v) is 3.10. The van der Waals surface area contributed by atoms with E-state index >= 15 is 0 Å². The molecule has 1 saturated heterocycles. The van der Waals surface area contributed by atoms with Crippen LogP contribution in [0.4, 0.5) is 4.39 Å². The van der Waals surface area contributed by atoms with Crippen LogP contribution in [0.25, 0.3) is 0 Å². The Bertz CT molecular complexity index is 482. The molecule has 0 saturated carbocycles. The number of carboxylic acid groups (broad SMARTS) is 1. The van der Waals surface area contributed by atoms with Gasteiger partial charge in [-0.1, -0.05) is 0 Å². The molecule has 0 aliphatic carbocycles. The molecule has 1 aromatic rings. The maximum atomic E-state index is 13.2. The molecule has 1 heterocycles. The van der Waals surface area contributed by atoms with Crippen LogP contribution in [0.5, 0.6) is 0 Å². The molecule has 1 aliphatic heterocycles. The van der Waals surface area contributed by atoms with Gasteiger partial charge < -0.3 is 5.11 Å². The summed E-state index contributed by atoms with van der Waals surface area (Å²) in [4.78, 5) is 13.0. The number of halogens is 1. The second-order valence-corrected chi connectivity index (χ2v) is 5.93. The fraction of sp³-hybridized carbons (Fsp3) is 0.417. The Balaban J connectivity index is 2.15. The summed E-state index contributed by atoms with van der Waals surface area (Å²) in [5.41, 5.74) is 0.596. The topological polar surface area (TPSA) is 57.6 Å². The summed E-state index contributed by atoms with van der Waals surface area (Å²) in [6.07, 6.45) is 0. The minimum Gasteiger partial charge on any atom is -0.478 e. The molecule has 0 spiro atoms. The first-order valence-electron chi connectivity index (χ1n) is 5.65. The number of carboxylic acids is 1. The third-order valence-corrected chi connectivity index (χ3v) is 4.24. The molecule has 4 nitrogen and oxygen atoms in total. The highest BCUT2D eigenvalue weighted by molar-refractivity contribution is 7.85. The highest BCUT2D eigenvalue weighted by Crippen LogP contribution is 2.15. The maximum Gasteiger partial charge on any atom is 0.336 e. The highest BCUT2D eigenvalue weighted by atomic mass is 32.2. The zero-order valence-electron chi connectivity index (χ0n) is 9.76. The predicted molar refractivity (Wildman–Crippen MR) is 66.5 cm³/mol. The molecule has 18 heavy (non-hydrogen) atoms. The third-order valence-electron chi connectivity index (χ3n) is 2.96. The van der Waals surface area contributed by atoms with Gasteiger partial charge in [0.1, 0.15) is 5.82 Å². The second kappa shape index (κ2) is 5.58. The Morgan fingerprint density at radius 3 is 2.67 bits per heavy atom. The average Bonchev–Trinajstić information content (AvgIpc) is 2.32. The van der Waals surface area contributed by atoms with Crippen LogP contribution in [-0.4, -0.2) is 44.8 Å². The van der Waals surface area contributed by atoms with E-state index in [9.17, 15) is 13.4 Å². The lowest BCUT2D eigenvalue weighted by atomic mass is 10.1. The Hall–Kier alpha value is -1.27. The SMILES string of the molecule is O=C(O)c1ccc(F)cc1CN1CCS(=O)CC1. The fourth-order valence-electron chi connectivity index (χ4n) is 1.98. The van der Waals surface area contributed by atoms with Gasteiger partial charge in [0.15, 0.2) is 0 Å². The largest absolute Gasteiger partial charge is 0.478 e. The quantitative estimate of drug-likeness (QED) is 0.894. The Labute approximate surface area is 107 Å². The minimum atomic E-state index is -1.05. The van der Waals surface area contributed by atoms with Crippen LogP contribution < -0.4 is 0 Å². The molecule has 1 aliphatic rings. The molecule has 0 radical (unpaired) electrons. The van der Waals surface area contributed by atoms with Crippen molar-refractivity contribution >= 4 is 16.8 Å². The van der Waals surface area contributed by atoms with Gasteiger partial charge in [-0.05, 0) is 23.8 Å². The van der Waals surface area contributed by atoms with Crippen molar-refractivity contribution < 1.29 is 18.5 Å². The zero-order valence-corrected chi connectivity index (χ0v) is 10.6. The predicted octanol–water partition coefficient (Wildman–Crippen LogP) is 1.09. The summed E-state index contributed by atoms with van der Waals surface area (Å²) in [5.74, 6) is -0.295. The normalized spacial score (nSPS) is 17.8. The van der Waals surface area contributed by atoms with Crippen LogP contribution in [0.3, 0.4) is 0 Å². The van der Waals surface area contributed by atoms with E-state index in [-0.39, 0.29) is 5.56 Å². The molecule has 6 heteroatoms. The molecule has 1 aromatic carbocycles. The number of hydrogen-bond acceptors (Lipinski definition) is 3. The van der Waals surface area contributed by atoms with Crippen molar-refractivity contribution in [2.24, 2.45) is 0 Å². The van der Waals surface area contributed by atoms with Crippen molar-refractivity contribution in [1.29, 1.82) is 0 Å². The molecule has 98 valence electrons. The first-order chi connectivity index (χ1) is 8.56. The molecule has 0 atom stereocenters. The maximum absolute atomic E-state index is 13.2. The van der Waals surface area contributed by atoms with Gasteiger partial charge in [0.05, 0.1) is 5.56 Å². The second-order valence-electron chi connectivity index (χ2n) is 4.23. The number of hydrogen-bond donors (Lipinski definition) is 1. The van der Waals surface area contributed by atoms with E-state index in [0.29, 0.717) is 36.7 Å². The first kappa shape index (κ1) is 13.2. The monoisotopic (exact) mass is 271 g/mol. The lowest BCUT2D eigenvalue weighted by molar-refractivity contribution is 0.0694. The smallest absolute Gasteiger partial charge is 0.336 e. The number of benzene rings is 1. The zero-order chi connectivity index (χ0) is 13.1. The van der Waals surface area contributed by atoms with Crippen molar-refractivity contribution in [2.75, 3.05) is 24.6 Å². The van der Waals surface area contributed by atoms with Gasteiger partial charge >= 0.3 is 5.97 Å². The van der Waals surface area contributed by atoms with Crippen LogP contribution >= 0.6 is 0 Å². The Morgan fingerprint density at radius 1 is 1.39 bits per heavy atom. The van der Waals surface area contributed by atoms with Gasteiger partial charge in [0.25, 0.3) is 0 Å². The van der Waals surface area contributed by atoms with E-state index < -0.39 is 22.6 Å². The first-order valence-corrected chi connectivity index (χ1v) is 7.14. The van der Waals surface area contributed by atoms with E-state index in [1.54, 1.807) is 0 Å². The molecule has 0 unspecified atom stereocenters. The Morgan fingerprint density at radius 2 is 2.06 bits per heavy atom. The molecule has 0 aromatic heterocycles. The van der Waals surface area contributed by atoms with Gasteiger partial charge in [-0.15, -0.1) is 0 Å². The average molecular weight is 271 g/mol. The number of nitrogens with zero attached hydrogens (tertiary/aromatic N) is 1. The van der Waals surface area contributed by atoms with Crippen molar-refractivity contribution in [2.45, 2.75) is 6.54 Å². The van der Waals surface area contributed by atoms with Crippen LogP contribution in [0.15, 0.2) is 18.2 Å². The molecule has 2 rings (SSSR count). The van der Waals surface area contributed by atoms with Gasteiger partial charge in [0, 0.05) is 41.9 Å². The van der Waals surface area contributed by atoms with Crippen molar-refractivity contribution in [3.05, 3.63) is 35.1 Å². The van der Waals surface area contributed by atoms with Crippen LogP contribution in [0, 0.1) is 5.82 Å². The van der Waals surface area contributed by atoms with E-state index in [0.717, 1.165) is 6.07 Å². The molecule has 0 amide bonds. The van der Waals surface area contributed by atoms with Crippen molar-refractivity contribution in [3.8, 4) is 0 Å². The summed E-state index contributed by atoms with van der Waals surface area (Å²) in [6.45, 7) is 1.70. The van der Waals surface area contributed by atoms with Gasteiger partial charge in [-0.2, -0.15) is 0 Å². The molecule has 1 N–H and O–H groups in total. The molecule has 1 fully saturated rings. The van der Waals surface area contributed by atoms with Gasteiger partial charge in [-0.3, -0.25) is 9.11 Å². The van der Waals surface area contributed by atoms with E-state index in [4.69, 9.17) is 5.11 Å². The van der Waals surface area contributed by atoms with Gasteiger partial charge in [-0.25, -0.2) is 9.18 Å². The van der Waals surface area contributed by atoms with Crippen molar-refractivity contribution in [1.82, 2.24) is 4.90 Å². The number of rotatable bonds is 3. The summed E-state index contributed by atoms with van der Waals surface area (Å²) in [7, 11) is -0.769. The summed E-state index contributed by atoms with van der Waals surface area (Å²) in [6, 6.07) is 3.70. The van der Waals surface area contributed by atoms with Crippen LogP contribution in [-0.2, 0) is 17.3 Å². The molecular formula is C12H14FNO3S. The molecular weight excluding hydrogens is 257 g/mol. The summed E-state index contributed by atoms with van der Waals surface area (Å²) < 4.78 is 24.4. The number of carbonyl (C=O) groups is 1. The lowest BCUT2D eigenvalue weighted by Gasteiger charge is -2.26. The Kier molecular flexibility index (Phi) is 4.08.